The summed E-state index contributed by atoms with van der Waals surface area (Å²) in [6, 6.07) is 1.35. The molecule has 1 aliphatic heterocycles. The quantitative estimate of drug-likeness (QED) is 0.782. The number of likely N-dealkylation sites (tertiary alicyclic amines) is 1. The van der Waals surface area contributed by atoms with Crippen LogP contribution >= 0.6 is 0 Å². The summed E-state index contributed by atoms with van der Waals surface area (Å²) in [7, 11) is 0. The minimum absolute atomic E-state index is 0.214. The summed E-state index contributed by atoms with van der Waals surface area (Å²) < 4.78 is 2.21. The van der Waals surface area contributed by atoms with Crippen molar-refractivity contribution in [3.8, 4) is 0 Å². The fourth-order valence-electron chi connectivity index (χ4n) is 5.56. The Balaban J connectivity index is 1.23. The van der Waals surface area contributed by atoms with Gasteiger partial charge in [0, 0.05) is 37.2 Å². The standard InChI is InChI=1S/C22H35N3O/c1-15(2)18-13-23-25(14-18)19-5-7-24(8-6-19)20-11-22(12-20)9-17(10-22)21(26)16(3)4/h13-17,19-20H,5-12H2,1-4H3/t17-,20-,22?. The van der Waals surface area contributed by atoms with Crippen LogP contribution in [-0.4, -0.2) is 39.6 Å². The van der Waals surface area contributed by atoms with Gasteiger partial charge in [-0.15, -0.1) is 0 Å². The molecular weight excluding hydrogens is 322 g/mol. The summed E-state index contributed by atoms with van der Waals surface area (Å²) in [6.07, 6.45) is 11.7. The lowest BCUT2D eigenvalue weighted by atomic mass is 9.48. The number of Topliss-reactive ketones (excluding diaryl/α,β-unsaturated/α-hetero) is 1. The Morgan fingerprint density at radius 2 is 1.73 bits per heavy atom. The molecule has 0 radical (unpaired) electrons. The SMILES string of the molecule is CC(C)c1cnn(C2CCN([C@H]3CC4(C[C@H](C(=O)C(C)C)C4)C3)CC2)c1. The lowest BCUT2D eigenvalue weighted by Gasteiger charge is -2.60. The van der Waals surface area contributed by atoms with Gasteiger partial charge in [0.1, 0.15) is 5.78 Å². The van der Waals surface area contributed by atoms with Crippen molar-refractivity contribution in [2.24, 2.45) is 17.3 Å². The second-order valence-corrected chi connectivity index (χ2v) is 9.90. The fraction of sp³-hybridized carbons (Fsp3) is 0.818. The summed E-state index contributed by atoms with van der Waals surface area (Å²) in [5.41, 5.74) is 1.88. The molecule has 3 aliphatic rings. The molecule has 4 rings (SSSR count). The average Bonchev–Trinajstić information content (AvgIpc) is 3.02. The molecule has 26 heavy (non-hydrogen) atoms. The molecule has 1 aromatic rings. The number of rotatable bonds is 5. The van der Waals surface area contributed by atoms with Crippen molar-refractivity contribution in [1.82, 2.24) is 14.7 Å². The molecule has 0 N–H and O–H groups in total. The van der Waals surface area contributed by atoms with E-state index in [0.29, 0.717) is 29.1 Å². The Morgan fingerprint density at radius 1 is 1.08 bits per heavy atom. The number of aromatic nitrogens is 2. The Hall–Kier alpha value is -1.16. The molecule has 0 atom stereocenters. The topological polar surface area (TPSA) is 38.1 Å². The highest BCUT2D eigenvalue weighted by molar-refractivity contribution is 5.83. The number of hydrogen-bond donors (Lipinski definition) is 0. The summed E-state index contributed by atoms with van der Waals surface area (Å²) in [6.45, 7) is 11.0. The number of carbonyl (C=O) groups is 1. The van der Waals surface area contributed by atoms with Crippen LogP contribution in [0.2, 0.25) is 0 Å². The molecule has 4 nitrogen and oxygen atoms in total. The highest BCUT2D eigenvalue weighted by atomic mass is 16.1. The van der Waals surface area contributed by atoms with E-state index in [-0.39, 0.29) is 5.92 Å². The van der Waals surface area contributed by atoms with E-state index < -0.39 is 0 Å². The molecule has 0 aromatic carbocycles. The van der Waals surface area contributed by atoms with Crippen molar-refractivity contribution in [3.05, 3.63) is 18.0 Å². The molecule has 144 valence electrons. The number of piperidine rings is 1. The Bertz CT molecular complexity index is 640. The number of hydrogen-bond acceptors (Lipinski definition) is 3. The van der Waals surface area contributed by atoms with E-state index in [9.17, 15) is 4.79 Å². The largest absolute Gasteiger partial charge is 0.300 e. The zero-order chi connectivity index (χ0) is 18.5. The maximum Gasteiger partial charge on any atom is 0.138 e. The first kappa shape index (κ1) is 18.2. The molecule has 0 unspecified atom stereocenters. The van der Waals surface area contributed by atoms with E-state index in [1.54, 1.807) is 0 Å². The minimum atomic E-state index is 0.214. The van der Waals surface area contributed by atoms with Crippen LogP contribution in [0.5, 0.6) is 0 Å². The summed E-state index contributed by atoms with van der Waals surface area (Å²) in [5.74, 6) is 1.64. The van der Waals surface area contributed by atoms with E-state index >= 15 is 0 Å². The van der Waals surface area contributed by atoms with Crippen molar-refractivity contribution >= 4 is 5.78 Å². The van der Waals surface area contributed by atoms with Crippen LogP contribution < -0.4 is 0 Å². The third-order valence-electron chi connectivity index (χ3n) is 7.35. The molecule has 1 spiro atoms. The molecule has 0 amide bonds. The molecule has 2 saturated carbocycles. The van der Waals surface area contributed by atoms with Gasteiger partial charge in [0.15, 0.2) is 0 Å². The predicted octanol–water partition coefficient (Wildman–Crippen LogP) is 4.43. The van der Waals surface area contributed by atoms with Crippen LogP contribution in [0.15, 0.2) is 12.4 Å². The first-order chi connectivity index (χ1) is 12.4. The van der Waals surface area contributed by atoms with Gasteiger partial charge in [0.05, 0.1) is 12.2 Å². The van der Waals surface area contributed by atoms with Crippen LogP contribution in [-0.2, 0) is 4.79 Å². The summed E-state index contributed by atoms with van der Waals surface area (Å²) >= 11 is 0. The van der Waals surface area contributed by atoms with Gasteiger partial charge in [-0.2, -0.15) is 5.10 Å². The maximum atomic E-state index is 12.1. The van der Waals surface area contributed by atoms with E-state index in [1.807, 2.05) is 20.0 Å². The highest BCUT2D eigenvalue weighted by Gasteiger charge is 2.55. The van der Waals surface area contributed by atoms with Crippen molar-refractivity contribution in [1.29, 1.82) is 0 Å². The number of carbonyl (C=O) groups excluding carboxylic acids is 1. The predicted molar refractivity (Wildman–Crippen MR) is 104 cm³/mol. The van der Waals surface area contributed by atoms with Gasteiger partial charge in [-0.25, -0.2) is 0 Å². The first-order valence-corrected chi connectivity index (χ1v) is 10.7. The van der Waals surface area contributed by atoms with Crippen molar-refractivity contribution in [2.75, 3.05) is 13.1 Å². The van der Waals surface area contributed by atoms with E-state index in [1.165, 1.54) is 57.2 Å². The molecule has 3 fully saturated rings. The van der Waals surface area contributed by atoms with E-state index in [2.05, 4.69) is 34.7 Å². The summed E-state index contributed by atoms with van der Waals surface area (Å²) in [5, 5.41) is 4.62. The third-order valence-corrected chi connectivity index (χ3v) is 7.35. The lowest BCUT2D eigenvalue weighted by Crippen LogP contribution is -2.58. The number of nitrogens with zero attached hydrogens (tertiary/aromatic N) is 3. The van der Waals surface area contributed by atoms with Crippen molar-refractivity contribution in [2.45, 2.75) is 84.2 Å². The maximum absolute atomic E-state index is 12.1. The molecule has 1 aromatic heterocycles. The van der Waals surface area contributed by atoms with Crippen LogP contribution in [0.25, 0.3) is 0 Å². The Labute approximate surface area is 158 Å². The molecule has 1 saturated heterocycles. The van der Waals surface area contributed by atoms with Gasteiger partial charge in [-0.05, 0) is 55.4 Å². The van der Waals surface area contributed by atoms with Crippen LogP contribution in [0, 0.1) is 17.3 Å². The second-order valence-electron chi connectivity index (χ2n) is 9.90. The van der Waals surface area contributed by atoms with E-state index in [4.69, 9.17) is 0 Å². The molecule has 4 heteroatoms. The van der Waals surface area contributed by atoms with Gasteiger partial charge in [-0.3, -0.25) is 9.48 Å². The first-order valence-electron chi connectivity index (χ1n) is 10.7. The second kappa shape index (κ2) is 6.78. The van der Waals surface area contributed by atoms with Gasteiger partial charge in [0.25, 0.3) is 0 Å². The zero-order valence-corrected chi connectivity index (χ0v) is 16.9. The lowest BCUT2D eigenvalue weighted by molar-refractivity contribution is -0.144. The molecule has 2 heterocycles. The fourth-order valence-corrected chi connectivity index (χ4v) is 5.56. The van der Waals surface area contributed by atoms with Gasteiger partial charge in [0.2, 0.25) is 0 Å². The Kier molecular flexibility index (Phi) is 4.75. The Morgan fingerprint density at radius 3 is 2.27 bits per heavy atom. The van der Waals surface area contributed by atoms with Crippen molar-refractivity contribution < 1.29 is 4.79 Å². The smallest absolute Gasteiger partial charge is 0.138 e. The number of ketones is 1. The van der Waals surface area contributed by atoms with Crippen molar-refractivity contribution in [3.63, 3.8) is 0 Å². The molecule has 2 aliphatic carbocycles. The zero-order valence-electron chi connectivity index (χ0n) is 16.9. The molecular formula is C22H35N3O. The normalized spacial score (nSPS) is 32.8. The monoisotopic (exact) mass is 357 g/mol. The van der Waals surface area contributed by atoms with Gasteiger partial charge < -0.3 is 4.90 Å². The average molecular weight is 358 g/mol. The highest BCUT2D eigenvalue weighted by Crippen LogP contribution is 2.60. The minimum Gasteiger partial charge on any atom is -0.300 e. The third kappa shape index (κ3) is 3.26. The summed E-state index contributed by atoms with van der Waals surface area (Å²) in [4.78, 5) is 14.8. The van der Waals surface area contributed by atoms with Crippen LogP contribution in [0.3, 0.4) is 0 Å². The van der Waals surface area contributed by atoms with Gasteiger partial charge in [-0.1, -0.05) is 27.7 Å². The van der Waals surface area contributed by atoms with Crippen LogP contribution in [0.4, 0.5) is 0 Å². The molecule has 0 bridgehead atoms. The van der Waals surface area contributed by atoms with Crippen LogP contribution in [0.1, 0.15) is 83.7 Å². The van der Waals surface area contributed by atoms with Gasteiger partial charge >= 0.3 is 0 Å². The van der Waals surface area contributed by atoms with E-state index in [0.717, 1.165) is 6.04 Å².